The minimum atomic E-state index is 0.489. The van der Waals surface area contributed by atoms with Gasteiger partial charge in [-0.25, -0.2) is 4.98 Å². The molecule has 1 heterocycles. The van der Waals surface area contributed by atoms with Gasteiger partial charge in [0.1, 0.15) is 17.5 Å². The van der Waals surface area contributed by atoms with Crippen molar-refractivity contribution in [3.05, 3.63) is 53.3 Å². The van der Waals surface area contributed by atoms with Crippen LogP contribution < -0.4 is 10.1 Å². The number of hydrogen-bond donors (Lipinski definition) is 1. The van der Waals surface area contributed by atoms with Crippen molar-refractivity contribution >= 4 is 17.3 Å². The molecule has 0 atom stereocenters. The van der Waals surface area contributed by atoms with E-state index in [1.807, 2.05) is 37.4 Å². The Hall–Kier alpha value is -1.74. The fourth-order valence-corrected chi connectivity index (χ4v) is 1.49. The Morgan fingerprint density at radius 2 is 1.94 bits per heavy atom. The summed E-state index contributed by atoms with van der Waals surface area (Å²) in [6.07, 6.45) is 1.71. The topological polar surface area (TPSA) is 34.1 Å². The highest BCUT2D eigenvalue weighted by atomic mass is 35.5. The van der Waals surface area contributed by atoms with E-state index in [0.29, 0.717) is 11.8 Å². The van der Waals surface area contributed by atoms with Crippen molar-refractivity contribution < 1.29 is 4.74 Å². The molecule has 1 N–H and O–H groups in total. The molecule has 0 saturated carbocycles. The van der Waals surface area contributed by atoms with E-state index >= 15 is 0 Å². The van der Waals surface area contributed by atoms with E-state index in [2.05, 4.69) is 10.3 Å². The number of ether oxygens (including phenoxy) is 1. The second-order valence-corrected chi connectivity index (χ2v) is 3.94. The molecule has 0 amide bonds. The van der Waals surface area contributed by atoms with Crippen LogP contribution in [0.15, 0.2) is 42.6 Å². The zero-order valence-electron chi connectivity index (χ0n) is 9.48. The molecule has 0 aliphatic heterocycles. The SMILES string of the molecule is CNc1ccc(OCc2ccc(Cl)nc2)cc1. The highest BCUT2D eigenvalue weighted by Gasteiger charge is 1.97. The minimum absolute atomic E-state index is 0.489. The molecule has 4 heteroatoms. The monoisotopic (exact) mass is 248 g/mol. The van der Waals surface area contributed by atoms with E-state index in [1.54, 1.807) is 12.3 Å². The van der Waals surface area contributed by atoms with Crippen LogP contribution in [-0.4, -0.2) is 12.0 Å². The zero-order valence-corrected chi connectivity index (χ0v) is 10.2. The summed E-state index contributed by atoms with van der Waals surface area (Å²) in [4.78, 5) is 3.99. The molecule has 0 radical (unpaired) electrons. The van der Waals surface area contributed by atoms with E-state index < -0.39 is 0 Å². The fraction of sp³-hybridized carbons (Fsp3) is 0.154. The first-order valence-corrected chi connectivity index (χ1v) is 5.67. The largest absolute Gasteiger partial charge is 0.489 e. The molecule has 0 aliphatic carbocycles. The van der Waals surface area contributed by atoms with Gasteiger partial charge >= 0.3 is 0 Å². The molecule has 88 valence electrons. The van der Waals surface area contributed by atoms with Gasteiger partial charge in [0.15, 0.2) is 0 Å². The summed E-state index contributed by atoms with van der Waals surface area (Å²) < 4.78 is 5.62. The molecule has 2 rings (SSSR count). The van der Waals surface area contributed by atoms with Gasteiger partial charge in [-0.3, -0.25) is 0 Å². The average Bonchev–Trinajstić information content (AvgIpc) is 2.39. The average molecular weight is 249 g/mol. The number of halogens is 1. The van der Waals surface area contributed by atoms with E-state index in [-0.39, 0.29) is 0 Å². The Balaban J connectivity index is 1.95. The maximum absolute atomic E-state index is 5.70. The van der Waals surface area contributed by atoms with E-state index in [9.17, 15) is 0 Å². The van der Waals surface area contributed by atoms with Gasteiger partial charge in [-0.1, -0.05) is 17.7 Å². The molecule has 0 fully saturated rings. The van der Waals surface area contributed by atoms with Gasteiger partial charge in [0.25, 0.3) is 0 Å². The van der Waals surface area contributed by atoms with Crippen LogP contribution in [0.4, 0.5) is 5.69 Å². The van der Waals surface area contributed by atoms with Crippen LogP contribution in [0, 0.1) is 0 Å². The van der Waals surface area contributed by atoms with Gasteiger partial charge in [0.2, 0.25) is 0 Å². The van der Waals surface area contributed by atoms with Crippen molar-refractivity contribution in [2.75, 3.05) is 12.4 Å². The quantitative estimate of drug-likeness (QED) is 0.843. The number of pyridine rings is 1. The first kappa shape index (κ1) is 11.7. The van der Waals surface area contributed by atoms with Gasteiger partial charge in [-0.05, 0) is 30.3 Å². The van der Waals surface area contributed by atoms with Crippen molar-refractivity contribution in [3.8, 4) is 5.75 Å². The summed E-state index contributed by atoms with van der Waals surface area (Å²) in [5.41, 5.74) is 2.05. The van der Waals surface area contributed by atoms with Gasteiger partial charge in [0.05, 0.1) is 0 Å². The Bertz CT molecular complexity index is 468. The van der Waals surface area contributed by atoms with Crippen LogP contribution in [0.3, 0.4) is 0 Å². The first-order valence-electron chi connectivity index (χ1n) is 5.29. The lowest BCUT2D eigenvalue weighted by atomic mass is 10.3. The van der Waals surface area contributed by atoms with E-state index in [4.69, 9.17) is 16.3 Å². The molecule has 1 aromatic carbocycles. The molecule has 1 aromatic heterocycles. The molecule has 2 aromatic rings. The highest BCUT2D eigenvalue weighted by molar-refractivity contribution is 6.29. The van der Waals surface area contributed by atoms with Crippen LogP contribution in [0.1, 0.15) is 5.56 Å². The smallest absolute Gasteiger partial charge is 0.129 e. The molecule has 0 bridgehead atoms. The van der Waals surface area contributed by atoms with Gasteiger partial charge < -0.3 is 10.1 Å². The molecule has 3 nitrogen and oxygen atoms in total. The molecular weight excluding hydrogens is 236 g/mol. The highest BCUT2D eigenvalue weighted by Crippen LogP contribution is 2.16. The van der Waals surface area contributed by atoms with Crippen molar-refractivity contribution in [1.82, 2.24) is 4.98 Å². The molecule has 0 saturated heterocycles. The van der Waals surface area contributed by atoms with Crippen LogP contribution in [0.5, 0.6) is 5.75 Å². The predicted octanol–water partition coefficient (Wildman–Crippen LogP) is 3.36. The lowest BCUT2D eigenvalue weighted by molar-refractivity contribution is 0.306. The third-order valence-electron chi connectivity index (χ3n) is 2.34. The minimum Gasteiger partial charge on any atom is -0.489 e. The van der Waals surface area contributed by atoms with Crippen molar-refractivity contribution in [1.29, 1.82) is 0 Å². The Morgan fingerprint density at radius 1 is 1.18 bits per heavy atom. The zero-order chi connectivity index (χ0) is 12.1. The second-order valence-electron chi connectivity index (χ2n) is 3.55. The van der Waals surface area contributed by atoms with Crippen LogP contribution in [0.2, 0.25) is 5.15 Å². The molecular formula is C13H13ClN2O. The summed E-state index contributed by atoms with van der Waals surface area (Å²) in [6, 6.07) is 11.4. The van der Waals surface area contributed by atoms with E-state index in [1.165, 1.54) is 0 Å². The predicted molar refractivity (Wildman–Crippen MR) is 69.6 cm³/mol. The number of anilines is 1. The first-order chi connectivity index (χ1) is 8.28. The van der Waals surface area contributed by atoms with Crippen LogP contribution in [0.25, 0.3) is 0 Å². The van der Waals surface area contributed by atoms with E-state index in [0.717, 1.165) is 17.0 Å². The molecule has 0 unspecified atom stereocenters. The number of rotatable bonds is 4. The number of nitrogens with one attached hydrogen (secondary N) is 1. The standard InChI is InChI=1S/C13H13ClN2O/c1-15-11-3-5-12(6-4-11)17-9-10-2-7-13(14)16-8-10/h2-8,15H,9H2,1H3. The maximum Gasteiger partial charge on any atom is 0.129 e. The lowest BCUT2D eigenvalue weighted by Gasteiger charge is -2.07. The summed E-state index contributed by atoms with van der Waals surface area (Å²) in [5, 5.41) is 3.55. The van der Waals surface area contributed by atoms with Crippen molar-refractivity contribution in [2.24, 2.45) is 0 Å². The summed E-state index contributed by atoms with van der Waals surface area (Å²) >= 11 is 5.70. The van der Waals surface area contributed by atoms with Gasteiger partial charge in [0, 0.05) is 24.5 Å². The molecule has 0 spiro atoms. The Kier molecular flexibility index (Phi) is 3.83. The molecule has 17 heavy (non-hydrogen) atoms. The van der Waals surface area contributed by atoms with Crippen LogP contribution >= 0.6 is 11.6 Å². The van der Waals surface area contributed by atoms with Crippen molar-refractivity contribution in [2.45, 2.75) is 6.61 Å². The Morgan fingerprint density at radius 3 is 2.53 bits per heavy atom. The maximum atomic E-state index is 5.70. The normalized spacial score (nSPS) is 10.0. The summed E-state index contributed by atoms with van der Waals surface area (Å²) in [7, 11) is 1.88. The van der Waals surface area contributed by atoms with Gasteiger partial charge in [-0.15, -0.1) is 0 Å². The Labute approximate surface area is 105 Å². The number of aromatic nitrogens is 1. The van der Waals surface area contributed by atoms with Crippen LogP contribution in [-0.2, 0) is 6.61 Å². The number of hydrogen-bond acceptors (Lipinski definition) is 3. The molecule has 0 aliphatic rings. The lowest BCUT2D eigenvalue weighted by Crippen LogP contribution is -1.96. The third-order valence-corrected chi connectivity index (χ3v) is 2.56. The second kappa shape index (κ2) is 5.55. The third kappa shape index (κ3) is 3.36. The summed E-state index contributed by atoms with van der Waals surface area (Å²) in [5.74, 6) is 0.832. The van der Waals surface area contributed by atoms with Gasteiger partial charge in [-0.2, -0.15) is 0 Å². The fourth-order valence-electron chi connectivity index (χ4n) is 1.38. The van der Waals surface area contributed by atoms with Crippen molar-refractivity contribution in [3.63, 3.8) is 0 Å². The number of benzene rings is 1. The summed E-state index contributed by atoms with van der Waals surface area (Å²) in [6.45, 7) is 0.489. The number of nitrogens with zero attached hydrogens (tertiary/aromatic N) is 1.